The zero-order valence-corrected chi connectivity index (χ0v) is 14.1. The Hall–Kier alpha value is -1.88. The van der Waals surface area contributed by atoms with Gasteiger partial charge in [-0.3, -0.25) is 4.79 Å². The summed E-state index contributed by atoms with van der Waals surface area (Å²) in [5, 5.41) is 3.99. The van der Waals surface area contributed by atoms with Crippen molar-refractivity contribution in [2.75, 3.05) is 13.7 Å². The van der Waals surface area contributed by atoms with E-state index in [1.807, 2.05) is 31.2 Å². The number of para-hydroxylation sites is 1. The smallest absolute Gasteiger partial charge is 0.220 e. The minimum atomic E-state index is 0.0698. The van der Waals surface area contributed by atoms with Crippen molar-refractivity contribution in [3.05, 3.63) is 45.4 Å². The second-order valence-corrected chi connectivity index (χ2v) is 6.45. The third-order valence-corrected chi connectivity index (χ3v) is 4.68. The number of thiazole rings is 1. The Kier molecular flexibility index (Phi) is 5.95. The third kappa shape index (κ3) is 4.56. The number of hydrogen-bond donors (Lipinski definition) is 1. The topological polar surface area (TPSA) is 51.2 Å². The van der Waals surface area contributed by atoms with E-state index < -0.39 is 0 Å². The van der Waals surface area contributed by atoms with E-state index in [4.69, 9.17) is 4.74 Å². The molecule has 1 heterocycles. The number of nitrogens with zero attached hydrogens (tertiary/aromatic N) is 1. The van der Waals surface area contributed by atoms with Crippen molar-refractivity contribution < 1.29 is 9.53 Å². The third-order valence-electron chi connectivity index (χ3n) is 3.55. The molecule has 0 atom stereocenters. The summed E-state index contributed by atoms with van der Waals surface area (Å²) in [6, 6.07) is 7.88. The van der Waals surface area contributed by atoms with Crippen LogP contribution in [-0.4, -0.2) is 24.5 Å². The maximum Gasteiger partial charge on any atom is 0.220 e. The number of rotatable bonds is 7. The molecule has 2 aromatic rings. The summed E-state index contributed by atoms with van der Waals surface area (Å²) in [6.07, 6.45) is 1.96. The standard InChI is InChI=1S/C17H22N2O2S/c1-12-13(2)22-17(19-12)9-8-16(20)18-11-10-14-6-4-5-7-15(14)21-3/h4-7H,8-11H2,1-3H3,(H,18,20). The molecule has 0 aliphatic carbocycles. The molecule has 1 aromatic heterocycles. The lowest BCUT2D eigenvalue weighted by molar-refractivity contribution is -0.121. The van der Waals surface area contributed by atoms with Crippen LogP contribution in [0.4, 0.5) is 0 Å². The minimum absolute atomic E-state index is 0.0698. The fourth-order valence-electron chi connectivity index (χ4n) is 2.20. The van der Waals surface area contributed by atoms with Crippen molar-refractivity contribution >= 4 is 17.2 Å². The molecular formula is C17H22N2O2S. The molecule has 0 saturated carbocycles. The summed E-state index contributed by atoms with van der Waals surface area (Å²) in [4.78, 5) is 17.6. The van der Waals surface area contributed by atoms with Gasteiger partial charge in [0, 0.05) is 24.3 Å². The molecule has 0 fully saturated rings. The van der Waals surface area contributed by atoms with Crippen LogP contribution in [0.3, 0.4) is 0 Å². The number of carbonyl (C=O) groups is 1. The molecule has 0 saturated heterocycles. The Morgan fingerprint density at radius 2 is 2.05 bits per heavy atom. The van der Waals surface area contributed by atoms with Gasteiger partial charge < -0.3 is 10.1 Å². The fraction of sp³-hybridized carbons (Fsp3) is 0.412. The Labute approximate surface area is 135 Å². The minimum Gasteiger partial charge on any atom is -0.496 e. The number of aryl methyl sites for hydroxylation is 3. The highest BCUT2D eigenvalue weighted by molar-refractivity contribution is 7.11. The first-order chi connectivity index (χ1) is 10.6. The van der Waals surface area contributed by atoms with Crippen LogP contribution in [0, 0.1) is 13.8 Å². The van der Waals surface area contributed by atoms with Crippen molar-refractivity contribution in [1.29, 1.82) is 0 Å². The van der Waals surface area contributed by atoms with Gasteiger partial charge in [0.05, 0.1) is 17.8 Å². The van der Waals surface area contributed by atoms with E-state index in [0.29, 0.717) is 19.4 Å². The van der Waals surface area contributed by atoms with Crippen LogP contribution in [0.25, 0.3) is 0 Å². The molecule has 0 aliphatic rings. The summed E-state index contributed by atoms with van der Waals surface area (Å²) < 4.78 is 5.30. The van der Waals surface area contributed by atoms with E-state index in [0.717, 1.165) is 28.4 Å². The van der Waals surface area contributed by atoms with Gasteiger partial charge in [-0.15, -0.1) is 11.3 Å². The maximum atomic E-state index is 11.9. The quantitative estimate of drug-likeness (QED) is 0.853. The number of hydrogen-bond acceptors (Lipinski definition) is 4. The second-order valence-electron chi connectivity index (χ2n) is 5.16. The maximum absolute atomic E-state index is 11.9. The molecule has 1 N–H and O–H groups in total. The first kappa shape index (κ1) is 16.5. The van der Waals surface area contributed by atoms with E-state index in [9.17, 15) is 4.79 Å². The van der Waals surface area contributed by atoms with Gasteiger partial charge >= 0.3 is 0 Å². The van der Waals surface area contributed by atoms with Gasteiger partial charge in [0.1, 0.15) is 5.75 Å². The number of methoxy groups -OCH3 is 1. The lowest BCUT2D eigenvalue weighted by Crippen LogP contribution is -2.25. The normalized spacial score (nSPS) is 10.5. The molecule has 0 spiro atoms. The average Bonchev–Trinajstić information content (AvgIpc) is 2.84. The molecule has 4 nitrogen and oxygen atoms in total. The van der Waals surface area contributed by atoms with Crippen LogP contribution in [-0.2, 0) is 17.6 Å². The monoisotopic (exact) mass is 318 g/mol. The number of ether oxygens (including phenoxy) is 1. The molecule has 1 amide bonds. The van der Waals surface area contributed by atoms with Gasteiger partial charge in [0.2, 0.25) is 5.91 Å². The van der Waals surface area contributed by atoms with Gasteiger partial charge in [-0.2, -0.15) is 0 Å². The number of nitrogens with one attached hydrogen (secondary N) is 1. The fourth-order valence-corrected chi connectivity index (χ4v) is 3.13. The highest BCUT2D eigenvalue weighted by atomic mass is 32.1. The van der Waals surface area contributed by atoms with Crippen LogP contribution >= 0.6 is 11.3 Å². The summed E-state index contributed by atoms with van der Waals surface area (Å²) in [7, 11) is 1.66. The first-order valence-corrected chi connectivity index (χ1v) is 8.23. The molecule has 1 aromatic carbocycles. The molecule has 22 heavy (non-hydrogen) atoms. The highest BCUT2D eigenvalue weighted by Crippen LogP contribution is 2.18. The first-order valence-electron chi connectivity index (χ1n) is 7.41. The van der Waals surface area contributed by atoms with E-state index in [1.165, 1.54) is 4.88 Å². The van der Waals surface area contributed by atoms with Gasteiger partial charge in [0.25, 0.3) is 0 Å². The number of carbonyl (C=O) groups excluding carboxylic acids is 1. The van der Waals surface area contributed by atoms with E-state index >= 15 is 0 Å². The van der Waals surface area contributed by atoms with Crippen molar-refractivity contribution in [3.8, 4) is 5.75 Å². The number of amides is 1. The molecule has 118 valence electrons. The summed E-state index contributed by atoms with van der Waals surface area (Å²) in [5.74, 6) is 0.936. The molecule has 0 bridgehead atoms. The van der Waals surface area contributed by atoms with Crippen LogP contribution in [0.1, 0.15) is 27.6 Å². The lowest BCUT2D eigenvalue weighted by atomic mass is 10.1. The molecule has 0 unspecified atom stereocenters. The van der Waals surface area contributed by atoms with Crippen LogP contribution in [0.2, 0.25) is 0 Å². The van der Waals surface area contributed by atoms with Gasteiger partial charge in [0.15, 0.2) is 0 Å². The molecule has 2 rings (SSSR count). The molecule has 5 heteroatoms. The summed E-state index contributed by atoms with van der Waals surface area (Å²) >= 11 is 1.67. The van der Waals surface area contributed by atoms with E-state index in [-0.39, 0.29) is 5.91 Å². The zero-order chi connectivity index (χ0) is 15.9. The Balaban J connectivity index is 1.74. The van der Waals surface area contributed by atoms with E-state index in [2.05, 4.69) is 17.2 Å². The van der Waals surface area contributed by atoms with Crippen LogP contribution < -0.4 is 10.1 Å². The lowest BCUT2D eigenvalue weighted by Gasteiger charge is -2.08. The Morgan fingerprint density at radius 1 is 1.27 bits per heavy atom. The molecule has 0 aliphatic heterocycles. The molecule has 0 radical (unpaired) electrons. The largest absolute Gasteiger partial charge is 0.496 e. The average molecular weight is 318 g/mol. The number of aromatic nitrogens is 1. The Bertz CT molecular complexity index is 618. The molecular weight excluding hydrogens is 296 g/mol. The second kappa shape index (κ2) is 7.94. The summed E-state index contributed by atoms with van der Waals surface area (Å²) in [5.41, 5.74) is 2.17. The number of benzene rings is 1. The van der Waals surface area contributed by atoms with Crippen molar-refractivity contribution in [2.45, 2.75) is 33.1 Å². The van der Waals surface area contributed by atoms with Gasteiger partial charge in [-0.25, -0.2) is 4.98 Å². The summed E-state index contributed by atoms with van der Waals surface area (Å²) in [6.45, 7) is 4.68. The predicted octanol–water partition coefficient (Wildman–Crippen LogP) is 3.06. The van der Waals surface area contributed by atoms with Crippen molar-refractivity contribution in [3.63, 3.8) is 0 Å². The Morgan fingerprint density at radius 3 is 2.73 bits per heavy atom. The van der Waals surface area contributed by atoms with Gasteiger partial charge in [-0.05, 0) is 31.9 Å². The van der Waals surface area contributed by atoms with Gasteiger partial charge in [-0.1, -0.05) is 18.2 Å². The van der Waals surface area contributed by atoms with Crippen LogP contribution in [0.15, 0.2) is 24.3 Å². The highest BCUT2D eigenvalue weighted by Gasteiger charge is 2.07. The van der Waals surface area contributed by atoms with Crippen molar-refractivity contribution in [1.82, 2.24) is 10.3 Å². The zero-order valence-electron chi connectivity index (χ0n) is 13.3. The SMILES string of the molecule is COc1ccccc1CCNC(=O)CCc1nc(C)c(C)s1. The predicted molar refractivity (Wildman–Crippen MR) is 89.6 cm³/mol. The van der Waals surface area contributed by atoms with Crippen molar-refractivity contribution in [2.24, 2.45) is 0 Å². The van der Waals surface area contributed by atoms with E-state index in [1.54, 1.807) is 18.4 Å². The van der Waals surface area contributed by atoms with Crippen LogP contribution in [0.5, 0.6) is 5.75 Å².